The summed E-state index contributed by atoms with van der Waals surface area (Å²) in [7, 11) is -2.41. The number of rotatable bonds is 7. The molecule has 0 spiro atoms. The summed E-state index contributed by atoms with van der Waals surface area (Å²) in [4.78, 5) is 0. The van der Waals surface area contributed by atoms with Crippen molar-refractivity contribution in [2.45, 2.75) is 39.2 Å². The van der Waals surface area contributed by atoms with E-state index in [1.165, 1.54) is 12.8 Å². The van der Waals surface area contributed by atoms with E-state index in [0.29, 0.717) is 5.54 Å². The van der Waals surface area contributed by atoms with Gasteiger partial charge in [-0.25, -0.2) is 0 Å². The summed E-state index contributed by atoms with van der Waals surface area (Å²) >= 11 is 0. The first kappa shape index (κ1) is 12.1. The van der Waals surface area contributed by atoms with Crippen LogP contribution in [0.2, 0.25) is 5.54 Å². The molecule has 0 radical (unpaired) electrons. The van der Waals surface area contributed by atoms with Crippen LogP contribution in [0.25, 0.3) is 0 Å². The SMILES string of the molecule is CCO[Si](OCC)(OCC)C1C2CC3C(C2)C31. The Labute approximate surface area is 105 Å². The van der Waals surface area contributed by atoms with Crippen molar-refractivity contribution in [3.8, 4) is 0 Å². The summed E-state index contributed by atoms with van der Waals surface area (Å²) in [6.45, 7) is 8.34. The fourth-order valence-corrected chi connectivity index (χ4v) is 8.47. The third-order valence-corrected chi connectivity index (χ3v) is 8.66. The van der Waals surface area contributed by atoms with Crippen LogP contribution in [0.3, 0.4) is 0 Å². The monoisotopic (exact) mass is 256 g/mol. The Bertz CT molecular complexity index is 265. The van der Waals surface area contributed by atoms with Crippen LogP contribution in [0.4, 0.5) is 0 Å². The minimum Gasteiger partial charge on any atom is -0.374 e. The van der Waals surface area contributed by atoms with Crippen LogP contribution < -0.4 is 0 Å². The zero-order chi connectivity index (χ0) is 12.0. The summed E-state index contributed by atoms with van der Waals surface area (Å²) in [5.41, 5.74) is 0.623. The second-order valence-electron chi connectivity index (χ2n) is 5.56. The average Bonchev–Trinajstić information content (AvgIpc) is 2.75. The second kappa shape index (κ2) is 4.33. The van der Waals surface area contributed by atoms with E-state index in [0.717, 1.165) is 43.5 Å². The Hall–Kier alpha value is 0.0969. The van der Waals surface area contributed by atoms with Crippen molar-refractivity contribution < 1.29 is 13.3 Å². The lowest BCUT2D eigenvalue weighted by Crippen LogP contribution is -2.51. The van der Waals surface area contributed by atoms with Gasteiger partial charge < -0.3 is 13.3 Å². The predicted octanol–water partition coefficient (Wildman–Crippen LogP) is 2.69. The van der Waals surface area contributed by atoms with E-state index < -0.39 is 8.80 Å². The Morgan fingerprint density at radius 3 is 1.65 bits per heavy atom. The first-order chi connectivity index (χ1) is 8.27. The van der Waals surface area contributed by atoms with Gasteiger partial charge in [0.15, 0.2) is 0 Å². The van der Waals surface area contributed by atoms with Crippen molar-refractivity contribution >= 4 is 8.80 Å². The molecule has 0 amide bonds. The van der Waals surface area contributed by atoms with E-state index in [1.54, 1.807) is 0 Å². The van der Waals surface area contributed by atoms with E-state index in [4.69, 9.17) is 13.3 Å². The standard InChI is InChI=1S/C13H24O3Si/c1-4-14-17(15-5-2,16-6-3)13-9-7-10-11(8-9)12(10)13/h9-13H,4-8H2,1-3H3. The van der Waals surface area contributed by atoms with E-state index in [1.807, 2.05) is 0 Å². The highest BCUT2D eigenvalue weighted by Gasteiger charge is 2.75. The van der Waals surface area contributed by atoms with Crippen molar-refractivity contribution in [2.24, 2.45) is 23.7 Å². The molecule has 0 aromatic rings. The molecule has 4 bridgehead atoms. The van der Waals surface area contributed by atoms with E-state index in [-0.39, 0.29) is 0 Å². The molecule has 3 atom stereocenters. The lowest BCUT2D eigenvalue weighted by Gasteiger charge is -2.35. The van der Waals surface area contributed by atoms with Crippen LogP contribution in [0.15, 0.2) is 0 Å². The molecule has 4 aliphatic rings. The third kappa shape index (κ3) is 1.65. The minimum absolute atomic E-state index is 0.623. The Morgan fingerprint density at radius 2 is 1.35 bits per heavy atom. The van der Waals surface area contributed by atoms with Crippen molar-refractivity contribution in [3.05, 3.63) is 0 Å². The van der Waals surface area contributed by atoms with Crippen LogP contribution in [-0.4, -0.2) is 28.6 Å². The van der Waals surface area contributed by atoms with Gasteiger partial charge in [0.25, 0.3) is 0 Å². The Balaban J connectivity index is 1.81. The average molecular weight is 256 g/mol. The molecule has 0 aromatic heterocycles. The van der Waals surface area contributed by atoms with Gasteiger partial charge in [0.05, 0.1) is 0 Å². The van der Waals surface area contributed by atoms with Gasteiger partial charge in [-0.1, -0.05) is 0 Å². The van der Waals surface area contributed by atoms with Gasteiger partial charge in [0, 0.05) is 25.4 Å². The zero-order valence-corrected chi connectivity index (χ0v) is 12.1. The van der Waals surface area contributed by atoms with E-state index in [9.17, 15) is 0 Å². The van der Waals surface area contributed by atoms with Crippen molar-refractivity contribution in [1.29, 1.82) is 0 Å². The third-order valence-electron chi connectivity index (χ3n) is 4.92. The molecule has 0 aromatic carbocycles. The van der Waals surface area contributed by atoms with Crippen LogP contribution in [0, 0.1) is 23.7 Å². The van der Waals surface area contributed by atoms with Crippen molar-refractivity contribution in [1.82, 2.24) is 0 Å². The maximum absolute atomic E-state index is 6.08. The molecule has 0 aliphatic heterocycles. The predicted molar refractivity (Wildman–Crippen MR) is 67.6 cm³/mol. The molecule has 0 heterocycles. The molecule has 4 fully saturated rings. The number of hydrogen-bond donors (Lipinski definition) is 0. The Morgan fingerprint density at radius 1 is 0.882 bits per heavy atom. The van der Waals surface area contributed by atoms with Gasteiger partial charge >= 0.3 is 8.80 Å². The van der Waals surface area contributed by atoms with Crippen LogP contribution in [0.1, 0.15) is 33.6 Å². The molecule has 3 unspecified atom stereocenters. The fraction of sp³-hybridized carbons (Fsp3) is 1.00. The maximum Gasteiger partial charge on any atom is 0.504 e. The van der Waals surface area contributed by atoms with Gasteiger partial charge in [-0.15, -0.1) is 0 Å². The molecule has 17 heavy (non-hydrogen) atoms. The molecule has 4 aliphatic carbocycles. The lowest BCUT2D eigenvalue weighted by atomic mass is 10.1. The summed E-state index contributed by atoms with van der Waals surface area (Å²) < 4.78 is 18.2. The van der Waals surface area contributed by atoms with E-state index >= 15 is 0 Å². The smallest absolute Gasteiger partial charge is 0.374 e. The van der Waals surface area contributed by atoms with Crippen LogP contribution in [0.5, 0.6) is 0 Å². The molecule has 98 valence electrons. The normalized spacial score (nSPS) is 42.2. The molecular weight excluding hydrogens is 232 g/mol. The largest absolute Gasteiger partial charge is 0.504 e. The lowest BCUT2D eigenvalue weighted by molar-refractivity contribution is 0.0563. The topological polar surface area (TPSA) is 27.7 Å². The van der Waals surface area contributed by atoms with Gasteiger partial charge in [-0.2, -0.15) is 0 Å². The quantitative estimate of drug-likeness (QED) is 0.656. The first-order valence-electron chi connectivity index (χ1n) is 7.19. The summed E-state index contributed by atoms with van der Waals surface area (Å²) in [5.74, 6) is 3.72. The first-order valence-corrected chi connectivity index (χ1v) is 8.99. The molecule has 4 rings (SSSR count). The molecule has 4 heteroatoms. The molecule has 0 saturated heterocycles. The van der Waals surface area contributed by atoms with Gasteiger partial charge in [-0.3, -0.25) is 0 Å². The second-order valence-corrected chi connectivity index (χ2v) is 8.30. The van der Waals surface area contributed by atoms with Gasteiger partial charge in [0.1, 0.15) is 0 Å². The van der Waals surface area contributed by atoms with E-state index in [2.05, 4.69) is 20.8 Å². The highest BCUT2D eigenvalue weighted by atomic mass is 28.4. The van der Waals surface area contributed by atoms with Crippen molar-refractivity contribution in [3.63, 3.8) is 0 Å². The highest BCUT2D eigenvalue weighted by Crippen LogP contribution is 2.77. The summed E-state index contributed by atoms with van der Waals surface area (Å²) in [5, 5.41) is 0. The summed E-state index contributed by atoms with van der Waals surface area (Å²) in [6.07, 6.45) is 2.84. The maximum atomic E-state index is 6.08. The molecule has 4 saturated carbocycles. The summed E-state index contributed by atoms with van der Waals surface area (Å²) in [6, 6.07) is 0. The fourth-order valence-electron chi connectivity index (χ4n) is 4.62. The minimum atomic E-state index is -2.41. The number of hydrogen-bond acceptors (Lipinski definition) is 3. The van der Waals surface area contributed by atoms with Crippen LogP contribution >= 0.6 is 0 Å². The van der Waals surface area contributed by atoms with Gasteiger partial charge in [-0.05, 0) is 57.3 Å². The molecule has 3 nitrogen and oxygen atoms in total. The van der Waals surface area contributed by atoms with Gasteiger partial charge in [0.2, 0.25) is 0 Å². The van der Waals surface area contributed by atoms with Crippen LogP contribution in [-0.2, 0) is 13.3 Å². The highest BCUT2D eigenvalue weighted by molar-refractivity contribution is 6.63. The zero-order valence-electron chi connectivity index (χ0n) is 11.1. The Kier molecular flexibility index (Phi) is 3.10. The molecular formula is C13H24O3Si. The molecule has 0 N–H and O–H groups in total. The van der Waals surface area contributed by atoms with Crippen molar-refractivity contribution in [2.75, 3.05) is 19.8 Å².